The monoisotopic (exact) mass is 779 g/mol. The molecule has 2 aromatic heterocycles. The van der Waals surface area contributed by atoms with Crippen molar-refractivity contribution < 1.29 is 8.83 Å². The Bertz CT molecular complexity index is 3550. The molecule has 0 bridgehead atoms. The molecule has 0 aliphatic carbocycles. The lowest BCUT2D eigenvalue weighted by Gasteiger charge is -2.27. The molecule has 2 heterocycles. The molecule has 0 fully saturated rings. The van der Waals surface area contributed by atoms with Crippen LogP contribution < -0.4 is 4.90 Å². The van der Waals surface area contributed by atoms with Crippen molar-refractivity contribution in [1.82, 2.24) is 0 Å². The van der Waals surface area contributed by atoms with Crippen LogP contribution in [0.25, 0.3) is 99.2 Å². The molecule has 0 aliphatic heterocycles. The first-order valence-electron chi connectivity index (χ1n) is 20.7. The van der Waals surface area contributed by atoms with E-state index < -0.39 is 0 Å². The zero-order chi connectivity index (χ0) is 40.3. The van der Waals surface area contributed by atoms with Crippen molar-refractivity contribution in [1.29, 1.82) is 0 Å². The van der Waals surface area contributed by atoms with Gasteiger partial charge in [-0.3, -0.25) is 0 Å². The van der Waals surface area contributed by atoms with Gasteiger partial charge in [-0.15, -0.1) is 0 Å². The van der Waals surface area contributed by atoms with E-state index in [-0.39, 0.29) is 0 Å². The van der Waals surface area contributed by atoms with E-state index in [9.17, 15) is 0 Å². The molecule has 0 radical (unpaired) electrons. The van der Waals surface area contributed by atoms with Gasteiger partial charge in [-0.2, -0.15) is 0 Å². The van der Waals surface area contributed by atoms with Gasteiger partial charge in [0.1, 0.15) is 16.7 Å². The summed E-state index contributed by atoms with van der Waals surface area (Å²) in [6.45, 7) is 0. The molecule has 3 heteroatoms. The smallest absolute Gasteiger partial charge is 0.159 e. The molecule has 61 heavy (non-hydrogen) atoms. The number of para-hydroxylation sites is 2. The van der Waals surface area contributed by atoms with E-state index in [2.05, 4.69) is 223 Å². The quantitative estimate of drug-likeness (QED) is 0.161. The second-order valence-corrected chi connectivity index (χ2v) is 15.6. The van der Waals surface area contributed by atoms with E-state index in [1.165, 1.54) is 16.7 Å². The maximum Gasteiger partial charge on any atom is 0.159 e. The summed E-state index contributed by atoms with van der Waals surface area (Å²) in [5.74, 6) is 0. The van der Waals surface area contributed by atoms with Crippen LogP contribution in [0.1, 0.15) is 0 Å². The first-order valence-corrected chi connectivity index (χ1v) is 20.7. The number of hydrogen-bond acceptors (Lipinski definition) is 3. The Labute approximate surface area is 353 Å². The summed E-state index contributed by atoms with van der Waals surface area (Å²) in [6.07, 6.45) is 0. The minimum absolute atomic E-state index is 0.836. The normalized spacial score (nSPS) is 11.6. The molecule has 0 saturated heterocycles. The van der Waals surface area contributed by atoms with Gasteiger partial charge in [-0.1, -0.05) is 188 Å². The second kappa shape index (κ2) is 14.3. The average Bonchev–Trinajstić information content (AvgIpc) is 3.92. The fourth-order valence-corrected chi connectivity index (χ4v) is 9.18. The highest BCUT2D eigenvalue weighted by molar-refractivity contribution is 6.25. The van der Waals surface area contributed by atoms with Gasteiger partial charge in [0.05, 0.1) is 11.4 Å². The molecular formula is C58H37NO2. The maximum absolute atomic E-state index is 7.19. The third-order valence-electron chi connectivity index (χ3n) is 12.1. The van der Waals surface area contributed by atoms with Gasteiger partial charge in [0, 0.05) is 43.6 Å². The van der Waals surface area contributed by atoms with E-state index in [4.69, 9.17) is 8.83 Å². The lowest BCUT2D eigenvalue weighted by atomic mass is 9.92. The summed E-state index contributed by atoms with van der Waals surface area (Å²) in [5, 5.41) is 6.41. The zero-order valence-electron chi connectivity index (χ0n) is 33.1. The number of furan rings is 2. The van der Waals surface area contributed by atoms with Crippen molar-refractivity contribution in [3.05, 3.63) is 224 Å². The Hall–Kier alpha value is -8.14. The van der Waals surface area contributed by atoms with Crippen molar-refractivity contribution in [2.45, 2.75) is 0 Å². The van der Waals surface area contributed by atoms with Crippen LogP contribution in [0.2, 0.25) is 0 Å². The van der Waals surface area contributed by atoms with E-state index in [0.717, 1.165) is 99.5 Å². The van der Waals surface area contributed by atoms with E-state index in [1.807, 2.05) is 6.07 Å². The molecule has 12 rings (SSSR count). The molecule has 0 unspecified atom stereocenters. The zero-order valence-corrected chi connectivity index (χ0v) is 33.1. The van der Waals surface area contributed by atoms with Crippen molar-refractivity contribution >= 4 is 71.7 Å². The van der Waals surface area contributed by atoms with Gasteiger partial charge >= 0.3 is 0 Å². The topological polar surface area (TPSA) is 29.5 Å². The van der Waals surface area contributed by atoms with Crippen LogP contribution >= 0.6 is 0 Å². The lowest BCUT2D eigenvalue weighted by Crippen LogP contribution is -2.11. The van der Waals surface area contributed by atoms with Crippen LogP contribution in [0.5, 0.6) is 0 Å². The molecule has 0 aliphatic rings. The Morgan fingerprint density at radius 3 is 1.46 bits per heavy atom. The van der Waals surface area contributed by atoms with Gasteiger partial charge < -0.3 is 13.7 Å². The third-order valence-corrected chi connectivity index (χ3v) is 12.1. The molecule has 286 valence electrons. The van der Waals surface area contributed by atoms with Gasteiger partial charge in [0.2, 0.25) is 0 Å². The lowest BCUT2D eigenvalue weighted by molar-refractivity contribution is 0.669. The van der Waals surface area contributed by atoms with E-state index >= 15 is 0 Å². The Kier molecular flexibility index (Phi) is 8.17. The molecule has 0 atom stereocenters. The van der Waals surface area contributed by atoms with Crippen molar-refractivity contribution in [2.75, 3.05) is 4.90 Å². The highest BCUT2D eigenvalue weighted by atomic mass is 16.3. The van der Waals surface area contributed by atoms with E-state index in [0.29, 0.717) is 0 Å². The molecule has 0 amide bonds. The highest BCUT2D eigenvalue weighted by Gasteiger charge is 2.25. The molecule has 3 nitrogen and oxygen atoms in total. The molecule has 0 spiro atoms. The number of hydrogen-bond donors (Lipinski definition) is 0. The fraction of sp³-hybridized carbons (Fsp3) is 0. The first kappa shape index (κ1) is 34.9. The van der Waals surface area contributed by atoms with Crippen LogP contribution in [0.4, 0.5) is 17.1 Å². The minimum atomic E-state index is 0.836. The van der Waals surface area contributed by atoms with Gasteiger partial charge in [-0.25, -0.2) is 0 Å². The maximum atomic E-state index is 7.19. The fourth-order valence-electron chi connectivity index (χ4n) is 9.18. The Morgan fingerprint density at radius 2 is 0.770 bits per heavy atom. The van der Waals surface area contributed by atoms with Crippen molar-refractivity contribution in [3.63, 3.8) is 0 Å². The Balaban J connectivity index is 1.15. The van der Waals surface area contributed by atoms with Crippen molar-refractivity contribution in [3.8, 4) is 44.5 Å². The largest absolute Gasteiger partial charge is 0.455 e. The first-order chi connectivity index (χ1) is 30.3. The number of benzene rings is 10. The summed E-state index contributed by atoms with van der Waals surface area (Å²) < 4.78 is 14.0. The predicted molar refractivity (Wildman–Crippen MR) is 255 cm³/mol. The molecule has 0 N–H and O–H groups in total. The van der Waals surface area contributed by atoms with Crippen molar-refractivity contribution in [2.24, 2.45) is 0 Å². The summed E-state index contributed by atoms with van der Waals surface area (Å²) >= 11 is 0. The molecule has 10 aromatic carbocycles. The number of fused-ring (bicyclic) bond motifs is 8. The van der Waals surface area contributed by atoms with Crippen LogP contribution in [0.3, 0.4) is 0 Å². The number of rotatable bonds is 7. The Morgan fingerprint density at radius 1 is 0.279 bits per heavy atom. The third kappa shape index (κ3) is 5.82. The van der Waals surface area contributed by atoms with Gasteiger partial charge in [-0.05, 0) is 75.3 Å². The SMILES string of the molecule is c1ccc(-c2ccc(-c3ccc(-c4ccccc4)c4oc5c6ccccc6c(N(c6ccc(-c7ccccc7)cc6)c6cccc7c6oc6ccccc67)cc5c34)cc2)cc1. The second-order valence-electron chi connectivity index (χ2n) is 15.6. The summed E-state index contributed by atoms with van der Waals surface area (Å²) in [4.78, 5) is 2.37. The predicted octanol–water partition coefficient (Wildman–Crippen LogP) is 16.8. The average molecular weight is 780 g/mol. The number of anilines is 3. The van der Waals surface area contributed by atoms with Crippen LogP contribution in [-0.4, -0.2) is 0 Å². The standard InChI is InChI=1S/C58H37NO2/c1-4-15-38(16-5-1)40-27-29-43(30-28-40)45-35-36-46(42-19-8-3-9-20-42)58-55(45)51-37-53(47-21-10-11-23-49(47)56(51)61-58)59(44-33-31-41(32-34-44)39-17-6-2-7-18-39)52-25-14-24-50-48-22-12-13-26-54(48)60-57(50)52/h1-37H. The highest BCUT2D eigenvalue weighted by Crippen LogP contribution is 2.50. The molecule has 12 aromatic rings. The minimum Gasteiger partial charge on any atom is -0.455 e. The van der Waals surface area contributed by atoms with Crippen LogP contribution in [0, 0.1) is 0 Å². The van der Waals surface area contributed by atoms with Crippen LogP contribution in [-0.2, 0) is 0 Å². The summed E-state index contributed by atoms with van der Waals surface area (Å²) in [7, 11) is 0. The summed E-state index contributed by atoms with van der Waals surface area (Å²) in [5.41, 5.74) is 15.6. The van der Waals surface area contributed by atoms with Gasteiger partial charge in [0.15, 0.2) is 5.58 Å². The van der Waals surface area contributed by atoms with Crippen LogP contribution in [0.15, 0.2) is 233 Å². The van der Waals surface area contributed by atoms with Gasteiger partial charge in [0.25, 0.3) is 0 Å². The molecule has 0 saturated carbocycles. The number of nitrogens with zero attached hydrogens (tertiary/aromatic N) is 1. The summed E-state index contributed by atoms with van der Waals surface area (Å²) in [6, 6.07) is 79.7. The molecular weight excluding hydrogens is 743 g/mol. The van der Waals surface area contributed by atoms with E-state index in [1.54, 1.807) is 0 Å².